The summed E-state index contributed by atoms with van der Waals surface area (Å²) in [6, 6.07) is 1.40. The van der Waals surface area contributed by atoms with Gasteiger partial charge < -0.3 is 4.43 Å². The molecule has 0 aromatic heterocycles. The van der Waals surface area contributed by atoms with E-state index in [0.29, 0.717) is 0 Å². The fourth-order valence-corrected chi connectivity index (χ4v) is 2.50. The van der Waals surface area contributed by atoms with Crippen LogP contribution in [0.25, 0.3) is 0 Å². The Bertz CT molecular complexity index is 54.4. The predicted molar refractivity (Wildman–Crippen MR) is 34.1 cm³/mol. The zero-order valence-corrected chi connectivity index (χ0v) is 5.97. The van der Waals surface area contributed by atoms with Crippen molar-refractivity contribution in [3.05, 3.63) is 0 Å². The zero-order valence-electron chi connectivity index (χ0n) is 5.81. The van der Waals surface area contributed by atoms with Gasteiger partial charge in [0.25, 0.3) is 0 Å². The van der Waals surface area contributed by atoms with Crippen molar-refractivity contribution in [2.75, 3.05) is 6.61 Å². The van der Waals surface area contributed by atoms with Crippen LogP contribution < -0.4 is 0 Å². The Labute approximate surface area is 47.9 Å². The average molecular weight is 117 g/mol. The molecule has 1 aliphatic rings. The summed E-state index contributed by atoms with van der Waals surface area (Å²) in [6.45, 7) is 3.33. The first-order chi connectivity index (χ1) is 3.39. The number of hydrogen-bond donors (Lipinski definition) is 0. The maximum atomic E-state index is 5.42. The summed E-state index contributed by atoms with van der Waals surface area (Å²) in [6.07, 6.45) is 2.73. The second kappa shape index (κ2) is 2.48. The molecular formula is C5H13OSi+. The van der Waals surface area contributed by atoms with E-state index in [9.17, 15) is 0 Å². The number of hydrogen-bond acceptors (Lipinski definition) is 1. The van der Waals surface area contributed by atoms with Crippen molar-refractivity contribution < 1.29 is 5.85 Å². The van der Waals surface area contributed by atoms with Gasteiger partial charge in [0.05, 0.1) is 0 Å². The average Bonchev–Trinajstić information content (AvgIpc) is 1.69. The minimum Gasteiger partial charge on any atom is -0.420 e. The molecule has 0 spiro atoms. The molecule has 7 heavy (non-hydrogen) atoms. The van der Waals surface area contributed by atoms with Gasteiger partial charge in [-0.15, -0.1) is 0 Å². The predicted octanol–water partition coefficient (Wildman–Crippen LogP) is 1.26. The summed E-state index contributed by atoms with van der Waals surface area (Å²) in [7, 11) is -0.595. The summed E-state index contributed by atoms with van der Waals surface area (Å²) < 4.78 is 5.42. The monoisotopic (exact) mass is 117 g/mol. The molecule has 0 saturated carbocycles. The van der Waals surface area contributed by atoms with E-state index in [1.165, 1.54) is 18.9 Å². The van der Waals surface area contributed by atoms with Crippen LogP contribution in [-0.2, 0) is 4.43 Å². The number of rotatable bonds is 0. The molecular weight excluding hydrogens is 104 g/mol. The molecule has 0 bridgehead atoms. The van der Waals surface area contributed by atoms with Gasteiger partial charge in [0.15, 0.2) is 9.04 Å². The summed E-state index contributed by atoms with van der Waals surface area (Å²) in [5.41, 5.74) is 0. The Morgan fingerprint density at radius 2 is 2.43 bits per heavy atom. The van der Waals surface area contributed by atoms with Crippen LogP contribution >= 0.6 is 0 Å². The van der Waals surface area contributed by atoms with Crippen molar-refractivity contribution in [2.24, 2.45) is 0 Å². The quantitative estimate of drug-likeness (QED) is 0.434. The third-order valence-corrected chi connectivity index (χ3v) is 3.43. The largest absolute Gasteiger partial charge is 1.00 e. The van der Waals surface area contributed by atoms with Crippen molar-refractivity contribution in [1.82, 2.24) is 0 Å². The molecule has 1 aliphatic heterocycles. The van der Waals surface area contributed by atoms with Crippen molar-refractivity contribution in [2.45, 2.75) is 25.4 Å². The molecule has 0 amide bonds. The molecule has 1 atom stereocenters. The highest BCUT2D eigenvalue weighted by Crippen LogP contribution is 2.09. The summed E-state index contributed by atoms with van der Waals surface area (Å²) in [5, 5.41) is 0. The van der Waals surface area contributed by atoms with E-state index < -0.39 is 9.04 Å². The Hall–Kier alpha value is 0.177. The maximum Gasteiger partial charge on any atom is 1.00 e. The van der Waals surface area contributed by atoms with Crippen molar-refractivity contribution >= 4 is 9.04 Å². The highest BCUT2D eigenvalue weighted by molar-refractivity contribution is 6.50. The van der Waals surface area contributed by atoms with E-state index in [1.807, 2.05) is 0 Å². The lowest BCUT2D eigenvalue weighted by molar-refractivity contribution is 0.291. The smallest absolute Gasteiger partial charge is 0.420 e. The molecule has 1 heterocycles. The normalized spacial score (nSPS) is 33.0. The van der Waals surface area contributed by atoms with Gasteiger partial charge in [-0.3, -0.25) is 0 Å². The van der Waals surface area contributed by atoms with Crippen LogP contribution in [0.4, 0.5) is 0 Å². The van der Waals surface area contributed by atoms with Crippen molar-refractivity contribution in [3.63, 3.8) is 0 Å². The molecule has 0 aromatic carbocycles. The van der Waals surface area contributed by atoms with Crippen LogP contribution in [0.3, 0.4) is 0 Å². The Morgan fingerprint density at radius 1 is 1.57 bits per heavy atom. The Balaban J connectivity index is 0.000000490. The first-order valence-corrected chi connectivity index (χ1v) is 5.45. The lowest BCUT2D eigenvalue weighted by Gasteiger charge is -2.16. The molecule has 42 valence electrons. The van der Waals surface area contributed by atoms with Crippen LogP contribution in [0.15, 0.2) is 0 Å². The molecule has 1 rings (SSSR count). The van der Waals surface area contributed by atoms with E-state index in [0.717, 1.165) is 6.61 Å². The Kier molecular flexibility index (Phi) is 1.88. The highest BCUT2D eigenvalue weighted by atomic mass is 28.3. The molecule has 0 aliphatic carbocycles. The first kappa shape index (κ1) is 5.32. The minimum atomic E-state index is -0.595. The lowest BCUT2D eigenvalue weighted by Crippen LogP contribution is -2.18. The third kappa shape index (κ3) is 1.61. The zero-order chi connectivity index (χ0) is 5.11. The molecule has 0 radical (unpaired) electrons. The molecule has 0 N–H and O–H groups in total. The lowest BCUT2D eigenvalue weighted by atomic mass is 10.4. The second-order valence-electron chi connectivity index (χ2n) is 2.18. The van der Waals surface area contributed by atoms with Crippen LogP contribution in [0, 0.1) is 0 Å². The van der Waals surface area contributed by atoms with E-state index in [1.54, 1.807) is 0 Å². The van der Waals surface area contributed by atoms with E-state index in [-0.39, 0.29) is 1.43 Å². The van der Waals surface area contributed by atoms with Gasteiger partial charge in [0.2, 0.25) is 0 Å². The highest BCUT2D eigenvalue weighted by Gasteiger charge is 2.08. The summed E-state index contributed by atoms with van der Waals surface area (Å²) >= 11 is 0. The fourth-order valence-electron chi connectivity index (χ4n) is 0.902. The van der Waals surface area contributed by atoms with Gasteiger partial charge in [-0.2, -0.15) is 0 Å². The van der Waals surface area contributed by atoms with E-state index in [2.05, 4.69) is 6.55 Å². The van der Waals surface area contributed by atoms with E-state index >= 15 is 0 Å². The SMILES string of the molecule is C[SiH]1CCCCO1.[H+]. The molecule has 1 saturated heterocycles. The maximum absolute atomic E-state index is 5.42. The topological polar surface area (TPSA) is 9.23 Å². The van der Waals surface area contributed by atoms with Gasteiger partial charge in [-0.1, -0.05) is 6.42 Å². The molecule has 1 nitrogen and oxygen atoms in total. The van der Waals surface area contributed by atoms with E-state index in [4.69, 9.17) is 4.43 Å². The van der Waals surface area contributed by atoms with Crippen LogP contribution in [0.1, 0.15) is 14.3 Å². The molecule has 1 fully saturated rings. The van der Waals surface area contributed by atoms with Crippen LogP contribution in [-0.4, -0.2) is 15.6 Å². The van der Waals surface area contributed by atoms with Gasteiger partial charge in [-0.25, -0.2) is 0 Å². The third-order valence-electron chi connectivity index (χ3n) is 1.41. The molecule has 1 unspecified atom stereocenters. The molecule has 0 aromatic rings. The Morgan fingerprint density at radius 3 is 2.71 bits per heavy atom. The standard InChI is InChI=1S/C5H12OSi/c1-7-5-3-2-4-6-7/h7H,2-5H2,1H3/p+1. The second-order valence-corrected chi connectivity index (χ2v) is 4.71. The first-order valence-electron chi connectivity index (χ1n) is 3.01. The van der Waals surface area contributed by atoms with Crippen molar-refractivity contribution in [1.29, 1.82) is 0 Å². The molecule has 2 heteroatoms. The fraction of sp³-hybridized carbons (Fsp3) is 1.00. The van der Waals surface area contributed by atoms with Crippen LogP contribution in [0.5, 0.6) is 0 Å². The minimum absolute atomic E-state index is 0. The van der Waals surface area contributed by atoms with Crippen molar-refractivity contribution in [3.8, 4) is 0 Å². The van der Waals surface area contributed by atoms with Gasteiger partial charge in [-0.05, 0) is 19.0 Å². The van der Waals surface area contributed by atoms with Crippen LogP contribution in [0.2, 0.25) is 12.6 Å². The van der Waals surface area contributed by atoms with Gasteiger partial charge in [0.1, 0.15) is 0 Å². The van der Waals surface area contributed by atoms with Gasteiger partial charge >= 0.3 is 1.43 Å². The van der Waals surface area contributed by atoms with Gasteiger partial charge in [0, 0.05) is 6.61 Å². The summed E-state index contributed by atoms with van der Waals surface area (Å²) in [4.78, 5) is 0. The summed E-state index contributed by atoms with van der Waals surface area (Å²) in [5.74, 6) is 0.